The molecule has 30 heavy (non-hydrogen) atoms. The quantitative estimate of drug-likeness (QED) is 0.408. The van der Waals surface area contributed by atoms with Crippen LogP contribution in [0.15, 0.2) is 52.3 Å². The lowest BCUT2D eigenvalue weighted by molar-refractivity contribution is -0.137. The van der Waals surface area contributed by atoms with E-state index in [0.29, 0.717) is 41.8 Å². The standard InChI is InChI=1S/C22H22FN3O3S/c1-2-30-14-24-13-15-6-11-18-19(12-15)25-20(4-3-5-21(27)28)26(22(18)29)17-9-7-16(23)8-10-17/h6-12,14H,2-5,13H2,1H3,(H,27,28)/b24-14-. The average Bonchev–Trinajstić information content (AvgIpc) is 2.72. The zero-order valence-electron chi connectivity index (χ0n) is 16.5. The number of aromatic nitrogens is 2. The van der Waals surface area contributed by atoms with Crippen LogP contribution in [0.25, 0.3) is 16.6 Å². The third kappa shape index (κ3) is 5.33. The van der Waals surface area contributed by atoms with Gasteiger partial charge in [0.1, 0.15) is 11.6 Å². The van der Waals surface area contributed by atoms with Gasteiger partial charge in [0.05, 0.1) is 28.7 Å². The number of benzene rings is 2. The van der Waals surface area contributed by atoms with Gasteiger partial charge in [-0.2, -0.15) is 0 Å². The predicted octanol–water partition coefficient (Wildman–Crippen LogP) is 4.21. The first kappa shape index (κ1) is 21.7. The van der Waals surface area contributed by atoms with Gasteiger partial charge in [0.2, 0.25) is 0 Å². The van der Waals surface area contributed by atoms with Crippen molar-refractivity contribution >= 4 is 34.2 Å². The number of aliphatic carboxylic acids is 1. The molecule has 0 bridgehead atoms. The smallest absolute Gasteiger partial charge is 0.303 e. The number of carboxylic acids is 1. The molecule has 0 aliphatic heterocycles. The fourth-order valence-corrected chi connectivity index (χ4v) is 3.40. The molecule has 0 saturated heterocycles. The molecule has 1 N–H and O–H groups in total. The van der Waals surface area contributed by atoms with E-state index in [4.69, 9.17) is 5.11 Å². The first-order valence-corrected chi connectivity index (χ1v) is 10.7. The summed E-state index contributed by atoms with van der Waals surface area (Å²) in [6.07, 6.45) is 0.623. The second-order valence-electron chi connectivity index (χ2n) is 6.65. The first-order valence-electron chi connectivity index (χ1n) is 9.61. The molecule has 0 amide bonds. The van der Waals surface area contributed by atoms with Crippen LogP contribution in [0.5, 0.6) is 0 Å². The molecule has 1 aromatic heterocycles. The van der Waals surface area contributed by atoms with Crippen LogP contribution in [0.4, 0.5) is 4.39 Å². The Bertz CT molecular complexity index is 1130. The predicted molar refractivity (Wildman–Crippen MR) is 118 cm³/mol. The molecule has 3 aromatic rings. The van der Waals surface area contributed by atoms with Crippen LogP contribution in [0, 0.1) is 5.82 Å². The second kappa shape index (κ2) is 10.2. The molecule has 156 valence electrons. The van der Waals surface area contributed by atoms with Gasteiger partial charge >= 0.3 is 5.97 Å². The molecule has 0 aliphatic carbocycles. The molecule has 0 aliphatic rings. The first-order chi connectivity index (χ1) is 14.5. The molecule has 3 rings (SSSR count). The van der Waals surface area contributed by atoms with Gasteiger partial charge in [-0.1, -0.05) is 13.0 Å². The summed E-state index contributed by atoms with van der Waals surface area (Å²) in [4.78, 5) is 33.1. The fraction of sp³-hybridized carbons (Fsp3) is 0.273. The highest BCUT2D eigenvalue weighted by Gasteiger charge is 2.14. The van der Waals surface area contributed by atoms with Crippen LogP contribution >= 0.6 is 11.8 Å². The Labute approximate surface area is 177 Å². The number of carbonyl (C=O) groups is 1. The Morgan fingerprint density at radius 2 is 2.03 bits per heavy atom. The molecule has 0 spiro atoms. The van der Waals surface area contributed by atoms with E-state index in [9.17, 15) is 14.0 Å². The number of halogens is 1. The Morgan fingerprint density at radius 1 is 1.27 bits per heavy atom. The molecule has 0 saturated carbocycles. The SMILES string of the molecule is CCS/C=N\Cc1ccc2c(=O)n(-c3ccc(F)cc3)c(CCCC(=O)O)nc2c1. The lowest BCUT2D eigenvalue weighted by Crippen LogP contribution is -2.24. The topological polar surface area (TPSA) is 84.5 Å². The molecule has 2 aromatic carbocycles. The summed E-state index contributed by atoms with van der Waals surface area (Å²) in [6.45, 7) is 2.54. The van der Waals surface area contributed by atoms with Crippen LogP contribution in [0.3, 0.4) is 0 Å². The number of fused-ring (bicyclic) bond motifs is 1. The van der Waals surface area contributed by atoms with Crippen LogP contribution in [-0.2, 0) is 17.8 Å². The van der Waals surface area contributed by atoms with Crippen molar-refractivity contribution < 1.29 is 14.3 Å². The summed E-state index contributed by atoms with van der Waals surface area (Å²) < 4.78 is 14.8. The zero-order chi connectivity index (χ0) is 21.5. The van der Waals surface area contributed by atoms with Crippen molar-refractivity contribution in [1.82, 2.24) is 9.55 Å². The lowest BCUT2D eigenvalue weighted by Gasteiger charge is -2.14. The average molecular weight is 428 g/mol. The molecular weight excluding hydrogens is 405 g/mol. The minimum Gasteiger partial charge on any atom is -0.481 e. The normalized spacial score (nSPS) is 11.4. The highest BCUT2D eigenvalue weighted by atomic mass is 32.2. The van der Waals surface area contributed by atoms with Gasteiger partial charge in [-0.15, -0.1) is 11.8 Å². The number of rotatable bonds is 9. The molecule has 0 fully saturated rings. The number of carboxylic acid groups (broad SMARTS) is 1. The van der Waals surface area contributed by atoms with Gasteiger partial charge in [-0.25, -0.2) is 9.37 Å². The van der Waals surface area contributed by atoms with Gasteiger partial charge in [0.25, 0.3) is 5.56 Å². The fourth-order valence-electron chi connectivity index (χ4n) is 3.07. The Morgan fingerprint density at radius 3 is 2.73 bits per heavy atom. The van der Waals surface area contributed by atoms with E-state index in [2.05, 4.69) is 16.9 Å². The minimum atomic E-state index is -0.906. The van der Waals surface area contributed by atoms with Crippen molar-refractivity contribution in [2.24, 2.45) is 4.99 Å². The summed E-state index contributed by atoms with van der Waals surface area (Å²) >= 11 is 1.61. The Balaban J connectivity index is 2.05. The largest absolute Gasteiger partial charge is 0.481 e. The van der Waals surface area contributed by atoms with Crippen molar-refractivity contribution in [2.45, 2.75) is 32.7 Å². The summed E-state index contributed by atoms with van der Waals surface area (Å²) in [5, 5.41) is 9.39. The highest BCUT2D eigenvalue weighted by Crippen LogP contribution is 2.17. The number of hydrogen-bond acceptors (Lipinski definition) is 5. The van der Waals surface area contributed by atoms with Gasteiger partial charge in [0.15, 0.2) is 0 Å². The number of nitrogens with zero attached hydrogens (tertiary/aromatic N) is 3. The molecule has 1 heterocycles. The van der Waals surface area contributed by atoms with Crippen LogP contribution in [0.2, 0.25) is 0 Å². The minimum absolute atomic E-state index is 0.0266. The molecule has 0 atom stereocenters. The summed E-state index contributed by atoms with van der Waals surface area (Å²) in [5.41, 5.74) is 3.50. The lowest BCUT2D eigenvalue weighted by atomic mass is 10.1. The van der Waals surface area contributed by atoms with E-state index in [1.165, 1.54) is 28.8 Å². The van der Waals surface area contributed by atoms with Gasteiger partial charge in [0, 0.05) is 12.8 Å². The Kier molecular flexibility index (Phi) is 7.35. The molecule has 0 unspecified atom stereocenters. The van der Waals surface area contributed by atoms with E-state index in [1.807, 2.05) is 17.7 Å². The summed E-state index contributed by atoms with van der Waals surface area (Å²) in [6, 6.07) is 11.0. The molecule has 8 heteroatoms. The summed E-state index contributed by atoms with van der Waals surface area (Å²) in [5.74, 6) is 0.0873. The van der Waals surface area contributed by atoms with Gasteiger partial charge in [-0.3, -0.25) is 19.1 Å². The van der Waals surface area contributed by atoms with Crippen molar-refractivity contribution in [3.05, 3.63) is 70.0 Å². The summed E-state index contributed by atoms with van der Waals surface area (Å²) in [7, 11) is 0. The van der Waals surface area contributed by atoms with Gasteiger partial charge in [-0.05, 0) is 54.1 Å². The maximum atomic E-state index is 13.4. The molecular formula is C22H22FN3O3S. The van der Waals surface area contributed by atoms with Crippen LogP contribution in [-0.4, -0.2) is 31.9 Å². The third-order valence-electron chi connectivity index (χ3n) is 4.47. The van der Waals surface area contributed by atoms with Crippen molar-refractivity contribution in [3.8, 4) is 5.69 Å². The third-order valence-corrected chi connectivity index (χ3v) is 5.10. The van der Waals surface area contributed by atoms with Crippen LogP contribution < -0.4 is 5.56 Å². The molecule has 0 radical (unpaired) electrons. The second-order valence-corrected chi connectivity index (χ2v) is 7.77. The molecule has 6 nitrogen and oxygen atoms in total. The van der Waals surface area contributed by atoms with Crippen molar-refractivity contribution in [1.29, 1.82) is 0 Å². The van der Waals surface area contributed by atoms with E-state index >= 15 is 0 Å². The Hall–Kier alpha value is -3.00. The number of aryl methyl sites for hydroxylation is 1. The number of thioether (sulfide) groups is 1. The van der Waals surface area contributed by atoms with Crippen LogP contribution in [0.1, 0.15) is 31.2 Å². The number of hydrogen-bond donors (Lipinski definition) is 1. The van der Waals surface area contributed by atoms with E-state index < -0.39 is 11.8 Å². The maximum absolute atomic E-state index is 13.4. The zero-order valence-corrected chi connectivity index (χ0v) is 17.4. The van der Waals surface area contributed by atoms with Gasteiger partial charge < -0.3 is 5.11 Å². The number of aliphatic imine (C=N–C) groups is 1. The van der Waals surface area contributed by atoms with E-state index in [0.717, 1.165) is 11.3 Å². The van der Waals surface area contributed by atoms with Crippen molar-refractivity contribution in [3.63, 3.8) is 0 Å². The van der Waals surface area contributed by atoms with E-state index in [1.54, 1.807) is 17.8 Å². The van der Waals surface area contributed by atoms with E-state index in [-0.39, 0.29) is 12.0 Å². The monoisotopic (exact) mass is 427 g/mol. The maximum Gasteiger partial charge on any atom is 0.303 e. The van der Waals surface area contributed by atoms with Crippen molar-refractivity contribution in [2.75, 3.05) is 5.75 Å². The highest BCUT2D eigenvalue weighted by molar-refractivity contribution is 8.12.